The zero-order chi connectivity index (χ0) is 16.7. The number of carbonyl (C=O) groups excluding carboxylic acids is 1. The Bertz CT molecular complexity index is 953. The first-order valence-corrected chi connectivity index (χ1v) is 8.44. The molecule has 1 amide bonds. The molecule has 0 bridgehead atoms. The highest BCUT2D eigenvalue weighted by Crippen LogP contribution is 2.44. The molecule has 2 heterocycles. The van der Waals surface area contributed by atoms with Crippen LogP contribution in [0.5, 0.6) is 0 Å². The van der Waals surface area contributed by atoms with Crippen molar-refractivity contribution in [3.63, 3.8) is 0 Å². The van der Waals surface area contributed by atoms with Crippen LogP contribution in [0.4, 0.5) is 11.4 Å². The summed E-state index contributed by atoms with van der Waals surface area (Å²) in [5.74, 6) is 0.308. The van der Waals surface area contributed by atoms with Gasteiger partial charge in [0, 0.05) is 34.8 Å². The highest BCUT2D eigenvalue weighted by molar-refractivity contribution is 8.00. The number of nitro groups is 1. The van der Waals surface area contributed by atoms with E-state index in [-0.39, 0.29) is 17.0 Å². The highest BCUT2D eigenvalue weighted by Gasteiger charge is 2.35. The summed E-state index contributed by atoms with van der Waals surface area (Å²) in [6.07, 6.45) is 1.91. The summed E-state index contributed by atoms with van der Waals surface area (Å²) in [6, 6.07) is 14.1. The summed E-state index contributed by atoms with van der Waals surface area (Å²) in [5.41, 5.74) is 2.55. The fraction of sp³-hybridized carbons (Fsp3) is 0.118. The number of carbonyl (C=O) groups is 1. The van der Waals surface area contributed by atoms with Crippen molar-refractivity contribution in [3.8, 4) is 0 Å². The van der Waals surface area contributed by atoms with Crippen molar-refractivity contribution in [2.45, 2.75) is 5.37 Å². The zero-order valence-electron chi connectivity index (χ0n) is 12.5. The molecule has 24 heavy (non-hydrogen) atoms. The molecule has 0 aliphatic carbocycles. The molecule has 1 N–H and O–H groups in total. The third-order valence-corrected chi connectivity index (χ3v) is 5.27. The van der Waals surface area contributed by atoms with Crippen LogP contribution in [0.1, 0.15) is 10.9 Å². The number of amides is 1. The predicted octanol–water partition coefficient (Wildman–Crippen LogP) is 3.85. The lowest BCUT2D eigenvalue weighted by Gasteiger charge is -2.23. The first-order chi connectivity index (χ1) is 11.6. The van der Waals surface area contributed by atoms with Crippen LogP contribution in [0.25, 0.3) is 10.9 Å². The first-order valence-electron chi connectivity index (χ1n) is 7.39. The largest absolute Gasteiger partial charge is 0.361 e. The summed E-state index contributed by atoms with van der Waals surface area (Å²) in [5, 5.41) is 11.9. The van der Waals surface area contributed by atoms with Crippen LogP contribution < -0.4 is 4.90 Å². The van der Waals surface area contributed by atoms with Gasteiger partial charge in [-0.25, -0.2) is 0 Å². The number of anilines is 1. The molecule has 1 saturated heterocycles. The van der Waals surface area contributed by atoms with Crippen LogP contribution in [0.15, 0.2) is 54.7 Å². The molecular formula is C17H13N3O3S. The third-order valence-electron chi connectivity index (χ3n) is 4.07. The number of aromatic nitrogens is 1. The number of nitrogens with zero attached hydrogens (tertiary/aromatic N) is 2. The Balaban J connectivity index is 1.80. The molecule has 4 rings (SSSR count). The first kappa shape index (κ1) is 14.8. The number of non-ortho nitro benzene ring substituents is 1. The van der Waals surface area contributed by atoms with Gasteiger partial charge in [-0.15, -0.1) is 11.8 Å². The number of hydrogen-bond acceptors (Lipinski definition) is 4. The van der Waals surface area contributed by atoms with Crippen LogP contribution in [-0.4, -0.2) is 21.6 Å². The molecule has 3 aromatic rings. The Labute approximate surface area is 141 Å². The Morgan fingerprint density at radius 3 is 2.88 bits per heavy atom. The second-order valence-corrected chi connectivity index (χ2v) is 6.56. The van der Waals surface area contributed by atoms with Crippen molar-refractivity contribution < 1.29 is 9.72 Å². The lowest BCUT2D eigenvalue weighted by molar-refractivity contribution is -0.384. The number of nitrogens with one attached hydrogen (secondary N) is 1. The minimum absolute atomic E-state index is 0.0186. The number of nitro benzene ring substituents is 1. The summed E-state index contributed by atoms with van der Waals surface area (Å²) in [7, 11) is 0. The average Bonchev–Trinajstić information content (AvgIpc) is 3.18. The molecule has 7 heteroatoms. The maximum Gasteiger partial charge on any atom is 0.271 e. The quantitative estimate of drug-likeness (QED) is 0.580. The lowest BCUT2D eigenvalue weighted by atomic mass is 10.1. The molecule has 6 nitrogen and oxygen atoms in total. The second-order valence-electron chi connectivity index (χ2n) is 5.49. The normalized spacial score (nSPS) is 17.6. The van der Waals surface area contributed by atoms with Gasteiger partial charge in [-0.2, -0.15) is 0 Å². The van der Waals surface area contributed by atoms with E-state index in [1.165, 1.54) is 23.9 Å². The minimum atomic E-state index is -0.447. The van der Waals surface area contributed by atoms with E-state index < -0.39 is 4.92 Å². The van der Waals surface area contributed by atoms with E-state index in [0.29, 0.717) is 11.4 Å². The number of H-pyrrole nitrogens is 1. The van der Waals surface area contributed by atoms with Gasteiger partial charge >= 0.3 is 0 Å². The molecule has 0 spiro atoms. The van der Waals surface area contributed by atoms with Crippen molar-refractivity contribution in [3.05, 3.63) is 70.4 Å². The summed E-state index contributed by atoms with van der Waals surface area (Å²) >= 11 is 1.53. The Hall–Kier alpha value is -2.80. The zero-order valence-corrected chi connectivity index (χ0v) is 13.3. The van der Waals surface area contributed by atoms with Crippen LogP contribution in [0.3, 0.4) is 0 Å². The van der Waals surface area contributed by atoms with Gasteiger partial charge in [0.15, 0.2) is 0 Å². The van der Waals surface area contributed by atoms with Crippen molar-refractivity contribution in [1.82, 2.24) is 4.98 Å². The molecule has 120 valence electrons. The van der Waals surface area contributed by atoms with E-state index >= 15 is 0 Å². The third kappa shape index (κ3) is 2.33. The molecule has 1 fully saturated rings. The van der Waals surface area contributed by atoms with Gasteiger partial charge in [0.25, 0.3) is 5.69 Å². The van der Waals surface area contributed by atoms with Gasteiger partial charge in [0.1, 0.15) is 5.37 Å². The number of fused-ring (bicyclic) bond motifs is 1. The molecule has 2 aromatic carbocycles. The SMILES string of the molecule is O=C1CS[C@H](c2c[nH]c3ccccc23)N1c1cccc([N+](=O)[O-])c1. The summed E-state index contributed by atoms with van der Waals surface area (Å²) in [4.78, 5) is 27.9. The number of benzene rings is 2. The number of para-hydroxylation sites is 1. The minimum Gasteiger partial charge on any atom is -0.361 e. The molecule has 1 aromatic heterocycles. The van der Waals surface area contributed by atoms with Gasteiger partial charge in [-0.1, -0.05) is 24.3 Å². The van der Waals surface area contributed by atoms with E-state index in [1.54, 1.807) is 17.0 Å². The van der Waals surface area contributed by atoms with E-state index in [1.807, 2.05) is 30.5 Å². The molecule has 1 aliphatic heterocycles. The summed E-state index contributed by atoms with van der Waals surface area (Å²) in [6.45, 7) is 0. The average molecular weight is 339 g/mol. The van der Waals surface area contributed by atoms with Gasteiger partial charge in [-0.3, -0.25) is 19.8 Å². The van der Waals surface area contributed by atoms with E-state index in [4.69, 9.17) is 0 Å². The highest BCUT2D eigenvalue weighted by atomic mass is 32.2. The van der Waals surface area contributed by atoms with Gasteiger partial charge in [0.05, 0.1) is 16.4 Å². The molecular weight excluding hydrogens is 326 g/mol. The van der Waals surface area contributed by atoms with E-state index in [2.05, 4.69) is 4.98 Å². The molecule has 0 unspecified atom stereocenters. The van der Waals surface area contributed by atoms with E-state index in [9.17, 15) is 14.9 Å². The van der Waals surface area contributed by atoms with Crippen molar-refractivity contribution >= 4 is 39.9 Å². The summed E-state index contributed by atoms with van der Waals surface area (Å²) < 4.78 is 0. The van der Waals surface area contributed by atoms with Gasteiger partial charge in [0.2, 0.25) is 5.91 Å². The molecule has 0 radical (unpaired) electrons. The fourth-order valence-corrected chi connectivity index (χ4v) is 4.19. The number of hydrogen-bond donors (Lipinski definition) is 1. The Kier molecular flexibility index (Phi) is 3.50. The van der Waals surface area contributed by atoms with Crippen LogP contribution in [-0.2, 0) is 4.79 Å². The van der Waals surface area contributed by atoms with E-state index in [0.717, 1.165) is 16.5 Å². The standard InChI is InChI=1S/C17H13N3O3S/c21-16-10-24-17(14-9-18-15-7-2-1-6-13(14)15)19(16)11-4-3-5-12(8-11)20(22)23/h1-9,17-18H,10H2/t17-/m1/s1. The fourth-order valence-electron chi connectivity index (χ4n) is 2.99. The Morgan fingerprint density at radius 1 is 1.21 bits per heavy atom. The van der Waals surface area contributed by atoms with Crippen molar-refractivity contribution in [1.29, 1.82) is 0 Å². The van der Waals surface area contributed by atoms with Gasteiger partial charge < -0.3 is 4.98 Å². The van der Waals surface area contributed by atoms with Gasteiger partial charge in [-0.05, 0) is 12.1 Å². The van der Waals surface area contributed by atoms with Crippen LogP contribution >= 0.6 is 11.8 Å². The van der Waals surface area contributed by atoms with Crippen LogP contribution in [0.2, 0.25) is 0 Å². The van der Waals surface area contributed by atoms with Crippen molar-refractivity contribution in [2.75, 3.05) is 10.7 Å². The molecule has 0 saturated carbocycles. The number of thioether (sulfide) groups is 1. The monoisotopic (exact) mass is 339 g/mol. The van der Waals surface area contributed by atoms with Crippen molar-refractivity contribution in [2.24, 2.45) is 0 Å². The topological polar surface area (TPSA) is 79.2 Å². The Morgan fingerprint density at radius 2 is 2.04 bits per heavy atom. The second kappa shape index (κ2) is 5.68. The molecule has 1 aliphatic rings. The number of rotatable bonds is 3. The molecule has 1 atom stereocenters. The predicted molar refractivity (Wildman–Crippen MR) is 94.1 cm³/mol. The smallest absolute Gasteiger partial charge is 0.271 e. The number of aromatic amines is 1. The maximum absolute atomic E-state index is 12.4. The lowest BCUT2D eigenvalue weighted by Crippen LogP contribution is -2.27. The maximum atomic E-state index is 12.4. The van der Waals surface area contributed by atoms with Crippen LogP contribution in [0, 0.1) is 10.1 Å².